The first kappa shape index (κ1) is 17.1. The number of allylic oxidation sites excluding steroid dienone is 4. The van der Waals surface area contributed by atoms with Gasteiger partial charge in [0, 0.05) is 7.05 Å². The SMILES string of the molecule is C\C=C(/N=C(CC)\C(C1=CC1)=C(/F)NN(C)F)c1ccccc1. The van der Waals surface area contributed by atoms with Crippen molar-refractivity contribution in [1.29, 1.82) is 0 Å². The third kappa shape index (κ3) is 4.60. The highest BCUT2D eigenvalue weighted by atomic mass is 19.2. The molecule has 0 aromatic heterocycles. The van der Waals surface area contributed by atoms with Crippen LogP contribution in [0.3, 0.4) is 0 Å². The standard InChI is InChI=1S/C18H21F2N3/c1-4-15(13-9-7-6-8-10-13)21-16(5-2)17(14-11-12-14)18(19)22-23(3)20/h4,6-11,22H,5,12H2,1-3H3/b15-4-,18-17+,21-16-. The molecule has 5 heteroatoms. The van der Waals surface area contributed by atoms with E-state index < -0.39 is 5.95 Å². The number of benzene rings is 1. The molecule has 0 amide bonds. The van der Waals surface area contributed by atoms with E-state index >= 15 is 0 Å². The Balaban J connectivity index is 2.41. The van der Waals surface area contributed by atoms with Gasteiger partial charge in [0.15, 0.2) is 0 Å². The van der Waals surface area contributed by atoms with E-state index in [-0.39, 0.29) is 5.23 Å². The molecule has 1 N–H and O–H groups in total. The molecular weight excluding hydrogens is 296 g/mol. The van der Waals surface area contributed by atoms with Crippen molar-refractivity contribution in [3.8, 4) is 0 Å². The van der Waals surface area contributed by atoms with Gasteiger partial charge in [-0.1, -0.05) is 54.6 Å². The molecule has 0 atom stereocenters. The summed E-state index contributed by atoms with van der Waals surface area (Å²) in [5.74, 6) is -0.720. The molecular formula is C18H21F2N3. The Labute approximate surface area is 135 Å². The summed E-state index contributed by atoms with van der Waals surface area (Å²) in [4.78, 5) is 4.63. The number of rotatable bonds is 7. The summed E-state index contributed by atoms with van der Waals surface area (Å²) in [6, 6.07) is 9.70. The van der Waals surface area contributed by atoms with Crippen LogP contribution >= 0.6 is 0 Å². The molecule has 0 spiro atoms. The van der Waals surface area contributed by atoms with Gasteiger partial charge in [0.1, 0.15) is 0 Å². The van der Waals surface area contributed by atoms with Gasteiger partial charge in [0.25, 0.3) is 0 Å². The molecule has 0 bridgehead atoms. The fourth-order valence-corrected chi connectivity index (χ4v) is 2.26. The average Bonchev–Trinajstić information content (AvgIpc) is 3.36. The molecule has 3 nitrogen and oxygen atoms in total. The van der Waals surface area contributed by atoms with Gasteiger partial charge in [0.05, 0.1) is 17.0 Å². The van der Waals surface area contributed by atoms with Crippen LogP contribution in [0.15, 0.2) is 64.6 Å². The molecule has 0 unspecified atom stereocenters. The molecule has 1 aliphatic rings. The molecule has 0 aliphatic heterocycles. The van der Waals surface area contributed by atoms with Crippen molar-refractivity contribution in [1.82, 2.24) is 10.7 Å². The summed E-state index contributed by atoms with van der Waals surface area (Å²) < 4.78 is 27.3. The quantitative estimate of drug-likeness (QED) is 0.341. The highest BCUT2D eigenvalue weighted by Gasteiger charge is 2.23. The van der Waals surface area contributed by atoms with E-state index in [0.29, 0.717) is 24.1 Å². The zero-order valence-corrected chi connectivity index (χ0v) is 13.6. The zero-order chi connectivity index (χ0) is 16.8. The molecule has 0 radical (unpaired) electrons. The average molecular weight is 317 g/mol. The number of nitrogens with one attached hydrogen (secondary N) is 1. The van der Waals surface area contributed by atoms with Gasteiger partial charge < -0.3 is 0 Å². The van der Waals surface area contributed by atoms with E-state index in [1.54, 1.807) is 0 Å². The fraction of sp³-hybridized carbons (Fsp3) is 0.278. The maximum Gasteiger partial charge on any atom is 0.212 e. The number of halogens is 2. The van der Waals surface area contributed by atoms with Crippen LogP contribution in [0.4, 0.5) is 8.87 Å². The number of hydrazine groups is 1. The van der Waals surface area contributed by atoms with Crippen molar-refractivity contribution in [2.45, 2.75) is 26.7 Å². The zero-order valence-electron chi connectivity index (χ0n) is 13.6. The molecule has 0 saturated carbocycles. The van der Waals surface area contributed by atoms with Gasteiger partial charge in [-0.15, -0.1) is 4.48 Å². The fourth-order valence-electron chi connectivity index (χ4n) is 2.26. The van der Waals surface area contributed by atoms with Crippen molar-refractivity contribution in [3.63, 3.8) is 0 Å². The monoisotopic (exact) mass is 317 g/mol. The predicted octanol–water partition coefficient (Wildman–Crippen LogP) is 4.73. The van der Waals surface area contributed by atoms with Crippen LogP contribution in [0.1, 0.15) is 32.3 Å². The van der Waals surface area contributed by atoms with Crippen LogP contribution in [0.25, 0.3) is 5.70 Å². The van der Waals surface area contributed by atoms with E-state index in [9.17, 15) is 8.87 Å². The van der Waals surface area contributed by atoms with Crippen molar-refractivity contribution < 1.29 is 8.87 Å². The Morgan fingerprint density at radius 2 is 2.00 bits per heavy atom. The molecule has 122 valence electrons. The second-order valence-electron chi connectivity index (χ2n) is 5.16. The lowest BCUT2D eigenvalue weighted by molar-refractivity contribution is 0.00361. The second kappa shape index (κ2) is 7.83. The lowest BCUT2D eigenvalue weighted by Gasteiger charge is -2.13. The second-order valence-corrected chi connectivity index (χ2v) is 5.16. The van der Waals surface area contributed by atoms with Gasteiger partial charge >= 0.3 is 0 Å². The summed E-state index contributed by atoms with van der Waals surface area (Å²) in [6.07, 6.45) is 5.03. The van der Waals surface area contributed by atoms with Gasteiger partial charge in [-0.2, -0.15) is 4.39 Å². The first-order valence-corrected chi connectivity index (χ1v) is 7.61. The Hall–Kier alpha value is -2.27. The number of nitrogens with zero attached hydrogens (tertiary/aromatic N) is 2. The Morgan fingerprint density at radius 3 is 2.48 bits per heavy atom. The van der Waals surface area contributed by atoms with E-state index in [0.717, 1.165) is 23.9 Å². The Morgan fingerprint density at radius 1 is 1.35 bits per heavy atom. The van der Waals surface area contributed by atoms with Crippen molar-refractivity contribution in [2.75, 3.05) is 7.05 Å². The van der Waals surface area contributed by atoms with Crippen LogP contribution in [-0.4, -0.2) is 18.0 Å². The lowest BCUT2D eigenvalue weighted by Crippen LogP contribution is -2.26. The first-order valence-electron chi connectivity index (χ1n) is 7.61. The summed E-state index contributed by atoms with van der Waals surface area (Å²) in [5, 5.41) is 0.0965. The van der Waals surface area contributed by atoms with Crippen LogP contribution in [-0.2, 0) is 0 Å². The van der Waals surface area contributed by atoms with Gasteiger partial charge in [-0.05, 0) is 30.9 Å². The van der Waals surface area contributed by atoms with Gasteiger partial charge in [-0.25, -0.2) is 0 Å². The van der Waals surface area contributed by atoms with E-state index in [1.165, 1.54) is 0 Å². The molecule has 0 fully saturated rings. The molecule has 1 aliphatic carbocycles. The molecule has 0 heterocycles. The summed E-state index contributed by atoms with van der Waals surface area (Å²) in [5.41, 5.74) is 5.57. The smallest absolute Gasteiger partial charge is 0.212 e. The molecule has 1 aromatic rings. The summed E-state index contributed by atoms with van der Waals surface area (Å²) >= 11 is 0. The molecule has 2 rings (SSSR count). The van der Waals surface area contributed by atoms with Crippen molar-refractivity contribution in [2.24, 2.45) is 4.99 Å². The number of aliphatic imine (C=N–C) groups is 1. The van der Waals surface area contributed by atoms with Gasteiger partial charge in [-0.3, -0.25) is 10.4 Å². The summed E-state index contributed by atoms with van der Waals surface area (Å²) in [6.45, 7) is 3.80. The van der Waals surface area contributed by atoms with Crippen LogP contribution in [0.2, 0.25) is 0 Å². The molecule has 23 heavy (non-hydrogen) atoms. The lowest BCUT2D eigenvalue weighted by atomic mass is 10.1. The van der Waals surface area contributed by atoms with Crippen molar-refractivity contribution >= 4 is 11.4 Å². The molecule has 1 aromatic carbocycles. The minimum atomic E-state index is -0.720. The third-order valence-electron chi connectivity index (χ3n) is 3.42. The number of hydrogen-bond acceptors (Lipinski definition) is 3. The molecule has 0 saturated heterocycles. The normalized spacial score (nSPS) is 16.2. The maximum atomic E-state index is 14.3. The minimum absolute atomic E-state index is 0.0965. The van der Waals surface area contributed by atoms with Gasteiger partial charge in [0.2, 0.25) is 5.95 Å². The predicted molar refractivity (Wildman–Crippen MR) is 90.7 cm³/mol. The van der Waals surface area contributed by atoms with Crippen LogP contribution in [0.5, 0.6) is 0 Å². The largest absolute Gasteiger partial charge is 0.267 e. The van der Waals surface area contributed by atoms with Crippen LogP contribution in [0, 0.1) is 0 Å². The van der Waals surface area contributed by atoms with E-state index in [4.69, 9.17) is 0 Å². The number of hydrogen-bond donors (Lipinski definition) is 1. The topological polar surface area (TPSA) is 27.6 Å². The highest BCUT2D eigenvalue weighted by Crippen LogP contribution is 2.32. The Kier molecular flexibility index (Phi) is 5.82. The first-order chi connectivity index (χ1) is 11.1. The summed E-state index contributed by atoms with van der Waals surface area (Å²) in [7, 11) is 1.10. The van der Waals surface area contributed by atoms with Crippen molar-refractivity contribution in [3.05, 3.63) is 65.1 Å². The van der Waals surface area contributed by atoms with E-state index in [2.05, 4.69) is 4.99 Å². The third-order valence-corrected chi connectivity index (χ3v) is 3.42. The maximum absolute atomic E-state index is 14.3. The van der Waals surface area contributed by atoms with Crippen LogP contribution < -0.4 is 5.43 Å². The Bertz CT molecular complexity index is 671. The van der Waals surface area contributed by atoms with E-state index in [1.807, 2.05) is 61.8 Å². The highest BCUT2D eigenvalue weighted by molar-refractivity contribution is 6.07. The minimum Gasteiger partial charge on any atom is -0.267 e.